The van der Waals surface area contributed by atoms with Crippen LogP contribution in [0.15, 0.2) is 60.7 Å². The number of hydrogen-bond donors (Lipinski definition) is 3. The van der Waals surface area contributed by atoms with Gasteiger partial charge in [0, 0.05) is 37.6 Å². The summed E-state index contributed by atoms with van der Waals surface area (Å²) in [6, 6.07) is 19.2. The largest absolute Gasteiger partial charge is 0.478 e. The summed E-state index contributed by atoms with van der Waals surface area (Å²) in [6.45, 7) is 9.96. The Labute approximate surface area is 232 Å². The number of nitrogens with one attached hydrogen (secondary N) is 1. The molecule has 0 heterocycles. The molecule has 0 aliphatic heterocycles. The Morgan fingerprint density at radius 2 is 1.62 bits per heavy atom. The molecule has 0 saturated heterocycles. The number of carbonyl (C=O) groups is 1. The van der Waals surface area contributed by atoms with Crippen LogP contribution in [0.1, 0.15) is 84.8 Å². The van der Waals surface area contributed by atoms with Crippen molar-refractivity contribution >= 4 is 17.3 Å². The molecular formula is C34H40N2O3. The zero-order valence-electron chi connectivity index (χ0n) is 23.9. The molecule has 3 aromatic carbocycles. The highest BCUT2D eigenvalue weighted by atomic mass is 16.4. The van der Waals surface area contributed by atoms with Crippen molar-refractivity contribution in [2.24, 2.45) is 0 Å². The molecule has 5 heteroatoms. The lowest BCUT2D eigenvalue weighted by atomic mass is 9.62. The van der Waals surface area contributed by atoms with Gasteiger partial charge < -0.3 is 20.4 Å². The molecule has 0 saturated carbocycles. The summed E-state index contributed by atoms with van der Waals surface area (Å²) in [7, 11) is 4.09. The van der Waals surface area contributed by atoms with Crippen LogP contribution in [-0.4, -0.2) is 36.8 Å². The van der Waals surface area contributed by atoms with Crippen molar-refractivity contribution < 1.29 is 15.0 Å². The molecule has 1 atom stereocenters. The molecule has 3 aromatic rings. The first kappa shape index (κ1) is 28.3. The highest BCUT2D eigenvalue weighted by Gasteiger charge is 2.39. The van der Waals surface area contributed by atoms with E-state index in [9.17, 15) is 9.90 Å². The van der Waals surface area contributed by atoms with Gasteiger partial charge in [-0.2, -0.15) is 0 Å². The Kier molecular flexibility index (Phi) is 8.09. The van der Waals surface area contributed by atoms with E-state index in [0.29, 0.717) is 5.56 Å². The summed E-state index contributed by atoms with van der Waals surface area (Å²) < 4.78 is 0. The molecule has 4 rings (SSSR count). The number of anilines is 2. The molecule has 0 bridgehead atoms. The second-order valence-electron chi connectivity index (χ2n) is 12.1. The molecule has 1 aliphatic carbocycles. The lowest BCUT2D eigenvalue weighted by Crippen LogP contribution is -2.35. The van der Waals surface area contributed by atoms with Crippen LogP contribution in [-0.2, 0) is 17.3 Å². The Bertz CT molecular complexity index is 1390. The summed E-state index contributed by atoms with van der Waals surface area (Å²) in [5, 5.41) is 24.0. The van der Waals surface area contributed by atoms with Crippen LogP contribution in [0.5, 0.6) is 0 Å². The van der Waals surface area contributed by atoms with Gasteiger partial charge in [-0.25, -0.2) is 4.79 Å². The van der Waals surface area contributed by atoms with Gasteiger partial charge >= 0.3 is 5.97 Å². The van der Waals surface area contributed by atoms with Crippen molar-refractivity contribution in [1.82, 2.24) is 0 Å². The van der Waals surface area contributed by atoms with Crippen LogP contribution >= 0.6 is 0 Å². The summed E-state index contributed by atoms with van der Waals surface area (Å²) in [6.07, 6.45) is 2.10. The van der Waals surface area contributed by atoms with E-state index in [1.54, 1.807) is 12.1 Å². The minimum atomic E-state index is -0.972. The van der Waals surface area contributed by atoms with Gasteiger partial charge in [0.2, 0.25) is 0 Å². The Morgan fingerprint density at radius 1 is 0.974 bits per heavy atom. The van der Waals surface area contributed by atoms with Gasteiger partial charge in [0.15, 0.2) is 0 Å². The van der Waals surface area contributed by atoms with E-state index in [0.717, 1.165) is 37.1 Å². The van der Waals surface area contributed by atoms with Crippen LogP contribution in [0.2, 0.25) is 0 Å². The fourth-order valence-electron chi connectivity index (χ4n) is 5.34. The number of rotatable bonds is 7. The van der Waals surface area contributed by atoms with Crippen molar-refractivity contribution in [3.63, 3.8) is 0 Å². The van der Waals surface area contributed by atoms with E-state index in [2.05, 4.69) is 86.2 Å². The summed E-state index contributed by atoms with van der Waals surface area (Å²) in [5.41, 5.74) is 7.77. The van der Waals surface area contributed by atoms with Crippen molar-refractivity contribution in [3.8, 4) is 11.8 Å². The molecule has 1 unspecified atom stereocenters. The van der Waals surface area contributed by atoms with E-state index in [-0.39, 0.29) is 16.4 Å². The Morgan fingerprint density at radius 3 is 2.23 bits per heavy atom. The molecule has 5 nitrogen and oxygen atoms in total. The van der Waals surface area contributed by atoms with E-state index < -0.39 is 12.1 Å². The maximum atomic E-state index is 11.1. The van der Waals surface area contributed by atoms with Crippen molar-refractivity contribution in [2.45, 2.75) is 63.9 Å². The van der Waals surface area contributed by atoms with Crippen molar-refractivity contribution in [2.75, 3.05) is 30.9 Å². The number of aromatic carboxylic acids is 1. The highest BCUT2D eigenvalue weighted by Crippen LogP contribution is 2.49. The van der Waals surface area contributed by atoms with Gasteiger partial charge in [-0.15, -0.1) is 0 Å². The number of aliphatic hydroxyl groups is 1. The smallest absolute Gasteiger partial charge is 0.335 e. The van der Waals surface area contributed by atoms with Crippen molar-refractivity contribution in [1.29, 1.82) is 0 Å². The molecule has 204 valence electrons. The van der Waals surface area contributed by atoms with Gasteiger partial charge in [0.1, 0.15) is 6.10 Å². The molecule has 0 spiro atoms. The molecular weight excluding hydrogens is 484 g/mol. The lowest BCUT2D eigenvalue weighted by Gasteiger charge is -2.43. The molecule has 3 N–H and O–H groups in total. The minimum Gasteiger partial charge on any atom is -0.478 e. The van der Waals surface area contributed by atoms with Crippen LogP contribution < -0.4 is 10.2 Å². The first-order valence-electron chi connectivity index (χ1n) is 13.6. The third kappa shape index (κ3) is 6.46. The molecule has 39 heavy (non-hydrogen) atoms. The monoisotopic (exact) mass is 524 g/mol. The second-order valence-corrected chi connectivity index (χ2v) is 12.1. The molecule has 0 fully saturated rings. The van der Waals surface area contributed by atoms with E-state index in [1.165, 1.54) is 34.5 Å². The second kappa shape index (κ2) is 11.2. The summed E-state index contributed by atoms with van der Waals surface area (Å²) in [5.74, 6) is 5.00. The lowest BCUT2D eigenvalue weighted by molar-refractivity contribution is 0.0697. The van der Waals surface area contributed by atoms with E-state index in [4.69, 9.17) is 5.11 Å². The standard InChI is InChI=1S/C34H40N2O3/c1-33(2)18-19-34(3,4)31-28(33)21-26(30(37)16-11-23-7-12-25(13-8-23)32(38)39)22-29(31)35-20-17-24-9-14-27(15-10-24)36(5)6/h7-10,12-15,21-22,30,35,37H,17-20H2,1-6H3,(H,38,39). The third-order valence-corrected chi connectivity index (χ3v) is 7.92. The first-order valence-corrected chi connectivity index (χ1v) is 13.6. The Hall–Kier alpha value is -3.75. The molecule has 0 aromatic heterocycles. The number of nitrogens with zero attached hydrogens (tertiary/aromatic N) is 1. The van der Waals surface area contributed by atoms with Crippen molar-refractivity contribution in [3.05, 3.63) is 94.0 Å². The molecule has 0 radical (unpaired) electrons. The van der Waals surface area contributed by atoms with Crippen LogP contribution in [0.3, 0.4) is 0 Å². The number of carboxylic acids is 1. The molecule has 1 aliphatic rings. The van der Waals surface area contributed by atoms with Crippen LogP contribution in [0, 0.1) is 11.8 Å². The van der Waals surface area contributed by atoms with Gasteiger partial charge in [0.25, 0.3) is 0 Å². The average Bonchev–Trinajstić information content (AvgIpc) is 2.90. The van der Waals surface area contributed by atoms with Gasteiger partial charge in [0.05, 0.1) is 5.56 Å². The quantitative estimate of drug-likeness (QED) is 0.306. The minimum absolute atomic E-state index is 0.0148. The summed E-state index contributed by atoms with van der Waals surface area (Å²) >= 11 is 0. The predicted octanol–water partition coefficient (Wildman–Crippen LogP) is 6.54. The predicted molar refractivity (Wildman–Crippen MR) is 160 cm³/mol. The van der Waals surface area contributed by atoms with Crippen LogP contribution in [0.4, 0.5) is 11.4 Å². The topological polar surface area (TPSA) is 72.8 Å². The fraction of sp³-hybridized carbons (Fsp3) is 0.382. The maximum absolute atomic E-state index is 11.1. The number of aliphatic hydroxyl groups excluding tert-OH is 1. The Balaban J connectivity index is 1.63. The number of carboxylic acid groups (broad SMARTS) is 1. The van der Waals surface area contributed by atoms with Gasteiger partial charge in [-0.05, 0) is 94.8 Å². The number of benzene rings is 3. The fourth-order valence-corrected chi connectivity index (χ4v) is 5.34. The molecule has 0 amide bonds. The maximum Gasteiger partial charge on any atom is 0.335 e. The zero-order chi connectivity index (χ0) is 28.4. The normalized spacial score (nSPS) is 15.9. The van der Waals surface area contributed by atoms with E-state index >= 15 is 0 Å². The van der Waals surface area contributed by atoms with Gasteiger partial charge in [-0.1, -0.05) is 57.7 Å². The number of fused-ring (bicyclic) bond motifs is 1. The van der Waals surface area contributed by atoms with Crippen LogP contribution in [0.25, 0.3) is 0 Å². The average molecular weight is 525 g/mol. The third-order valence-electron chi connectivity index (χ3n) is 7.92. The van der Waals surface area contributed by atoms with Gasteiger partial charge in [-0.3, -0.25) is 0 Å². The highest BCUT2D eigenvalue weighted by molar-refractivity contribution is 5.87. The first-order chi connectivity index (χ1) is 18.4. The number of hydrogen-bond acceptors (Lipinski definition) is 4. The van der Waals surface area contributed by atoms with E-state index in [1.807, 2.05) is 14.1 Å². The summed E-state index contributed by atoms with van der Waals surface area (Å²) in [4.78, 5) is 13.2. The zero-order valence-corrected chi connectivity index (χ0v) is 23.9. The SMILES string of the molecule is CN(C)c1ccc(CCNc2cc(C(O)C#Cc3ccc(C(=O)O)cc3)cc3c2C(C)(C)CCC3(C)C)cc1.